The second kappa shape index (κ2) is 13.9. The predicted molar refractivity (Wildman–Crippen MR) is 97.7 cm³/mol. The molecule has 0 aromatic carbocycles. The fourth-order valence-corrected chi connectivity index (χ4v) is 3.80. The molecule has 2 amide bonds. The Kier molecular flexibility index (Phi) is 13.2. The van der Waals surface area contributed by atoms with E-state index < -0.39 is 16.9 Å². The molecule has 0 saturated carbocycles. The maximum absolute atomic E-state index is 11.7. The Bertz CT molecular complexity index is 447. The van der Waals surface area contributed by atoms with E-state index in [2.05, 4.69) is 0 Å². The van der Waals surface area contributed by atoms with Gasteiger partial charge in [-0.05, 0) is 19.3 Å². The monoisotopic (exact) mass is 377 g/mol. The Labute approximate surface area is 152 Å². The van der Waals surface area contributed by atoms with Crippen molar-refractivity contribution in [3.8, 4) is 0 Å². The number of hydrogen-bond donors (Lipinski definition) is 2. The minimum Gasteiger partial charge on any atom is -0.400 e. The molecular formula is C16H31N3O5S. The summed E-state index contributed by atoms with van der Waals surface area (Å²) in [5, 5.41) is 9.04. The van der Waals surface area contributed by atoms with Crippen LogP contribution in [-0.4, -0.2) is 76.2 Å². The number of rotatable bonds is 6. The SMILES string of the molecule is CC.CN(/C=C\C(=O)NC=O)C1CCC(CN2CCCS2=O)O1.CO. The number of aliphatic hydroxyl groups is 1. The van der Waals surface area contributed by atoms with Crippen LogP contribution in [0.5, 0.6) is 0 Å². The van der Waals surface area contributed by atoms with Gasteiger partial charge in [0.2, 0.25) is 6.41 Å². The van der Waals surface area contributed by atoms with Gasteiger partial charge in [0.15, 0.2) is 0 Å². The molecule has 2 rings (SSSR count). The summed E-state index contributed by atoms with van der Waals surface area (Å²) in [6, 6.07) is 0. The normalized spacial score (nSPS) is 25.6. The molecule has 2 heterocycles. The Morgan fingerprint density at radius 2 is 2.08 bits per heavy atom. The first-order valence-corrected chi connectivity index (χ1v) is 9.75. The zero-order valence-corrected chi connectivity index (χ0v) is 16.3. The fraction of sp³-hybridized carbons (Fsp3) is 0.750. The number of nitrogens with one attached hydrogen (secondary N) is 1. The highest BCUT2D eigenvalue weighted by Gasteiger charge is 2.31. The van der Waals surface area contributed by atoms with Crippen molar-refractivity contribution >= 4 is 23.3 Å². The number of amides is 2. The lowest BCUT2D eigenvalue weighted by atomic mass is 10.2. The van der Waals surface area contributed by atoms with E-state index in [0.717, 1.165) is 38.7 Å². The maximum atomic E-state index is 11.7. The first-order valence-electron chi connectivity index (χ1n) is 8.48. The molecule has 25 heavy (non-hydrogen) atoms. The molecule has 2 aliphatic heterocycles. The lowest BCUT2D eigenvalue weighted by molar-refractivity contribution is -0.121. The molecule has 0 aliphatic carbocycles. The molecule has 0 bridgehead atoms. The molecule has 2 fully saturated rings. The van der Waals surface area contributed by atoms with Crippen molar-refractivity contribution in [2.45, 2.75) is 45.4 Å². The summed E-state index contributed by atoms with van der Waals surface area (Å²) in [6.45, 7) is 5.57. The van der Waals surface area contributed by atoms with Crippen LogP contribution in [0.25, 0.3) is 0 Å². The van der Waals surface area contributed by atoms with Crippen LogP contribution < -0.4 is 5.32 Å². The Morgan fingerprint density at radius 3 is 2.64 bits per heavy atom. The summed E-state index contributed by atoms with van der Waals surface area (Å²) >= 11 is 0. The summed E-state index contributed by atoms with van der Waals surface area (Å²) in [5.74, 6) is 0.295. The molecule has 2 aliphatic rings. The van der Waals surface area contributed by atoms with E-state index in [1.54, 1.807) is 6.20 Å². The van der Waals surface area contributed by atoms with E-state index in [1.165, 1.54) is 6.08 Å². The summed E-state index contributed by atoms with van der Waals surface area (Å²) in [6.07, 6.45) is 5.99. The van der Waals surface area contributed by atoms with Crippen LogP contribution in [0.2, 0.25) is 0 Å². The number of carbonyl (C=O) groups excluding carboxylic acids is 2. The highest BCUT2D eigenvalue weighted by atomic mass is 32.2. The van der Waals surface area contributed by atoms with E-state index in [4.69, 9.17) is 9.84 Å². The minimum atomic E-state index is -0.851. The summed E-state index contributed by atoms with van der Waals surface area (Å²) in [4.78, 5) is 23.1. The minimum absolute atomic E-state index is 0.0803. The van der Waals surface area contributed by atoms with Gasteiger partial charge in [-0.25, -0.2) is 8.51 Å². The van der Waals surface area contributed by atoms with Crippen LogP contribution in [-0.2, 0) is 25.3 Å². The van der Waals surface area contributed by atoms with Gasteiger partial charge in [0.25, 0.3) is 5.91 Å². The molecule has 146 valence electrons. The van der Waals surface area contributed by atoms with Gasteiger partial charge in [-0.15, -0.1) is 0 Å². The molecule has 0 aromatic heterocycles. The largest absolute Gasteiger partial charge is 0.400 e. The quantitative estimate of drug-likeness (QED) is 0.507. The highest BCUT2D eigenvalue weighted by molar-refractivity contribution is 7.82. The lowest BCUT2D eigenvalue weighted by Gasteiger charge is -2.24. The van der Waals surface area contributed by atoms with Crippen LogP contribution in [0.15, 0.2) is 12.3 Å². The van der Waals surface area contributed by atoms with E-state index in [9.17, 15) is 13.8 Å². The van der Waals surface area contributed by atoms with Crippen LogP contribution in [0.1, 0.15) is 33.1 Å². The molecule has 2 N–H and O–H groups in total. The van der Waals surface area contributed by atoms with Crippen molar-refractivity contribution in [1.29, 1.82) is 0 Å². The van der Waals surface area contributed by atoms with Gasteiger partial charge in [-0.2, -0.15) is 0 Å². The van der Waals surface area contributed by atoms with Gasteiger partial charge in [-0.3, -0.25) is 14.9 Å². The second-order valence-electron chi connectivity index (χ2n) is 5.16. The third kappa shape index (κ3) is 8.57. The zero-order valence-electron chi connectivity index (χ0n) is 15.5. The van der Waals surface area contributed by atoms with Crippen LogP contribution >= 0.6 is 0 Å². The third-order valence-corrected chi connectivity index (χ3v) is 5.17. The van der Waals surface area contributed by atoms with E-state index in [-0.39, 0.29) is 12.3 Å². The molecule has 0 spiro atoms. The van der Waals surface area contributed by atoms with Gasteiger partial charge in [-0.1, -0.05) is 13.8 Å². The lowest BCUT2D eigenvalue weighted by Crippen LogP contribution is -2.33. The van der Waals surface area contributed by atoms with Crippen molar-refractivity contribution in [2.75, 3.05) is 33.0 Å². The number of imide groups is 1. The van der Waals surface area contributed by atoms with Gasteiger partial charge >= 0.3 is 0 Å². The number of aliphatic hydroxyl groups excluding tert-OH is 1. The number of carbonyl (C=O) groups is 2. The molecule has 8 nitrogen and oxygen atoms in total. The fourth-order valence-electron chi connectivity index (χ4n) is 2.50. The first kappa shape index (κ1) is 23.7. The van der Waals surface area contributed by atoms with Crippen LogP contribution in [0.3, 0.4) is 0 Å². The van der Waals surface area contributed by atoms with Gasteiger partial charge in [0.05, 0.1) is 17.1 Å². The molecule has 3 atom stereocenters. The van der Waals surface area contributed by atoms with Crippen LogP contribution in [0, 0.1) is 0 Å². The van der Waals surface area contributed by atoms with Gasteiger partial charge in [0.1, 0.15) is 6.23 Å². The number of hydrogen-bond acceptors (Lipinski definition) is 6. The topological polar surface area (TPSA) is 99.2 Å². The summed E-state index contributed by atoms with van der Waals surface area (Å²) in [5.41, 5.74) is 0. The Hall–Kier alpha value is -1.29. The van der Waals surface area contributed by atoms with E-state index >= 15 is 0 Å². The summed E-state index contributed by atoms with van der Waals surface area (Å²) < 4.78 is 19.6. The van der Waals surface area contributed by atoms with Gasteiger partial charge < -0.3 is 14.7 Å². The maximum Gasteiger partial charge on any atom is 0.251 e. The van der Waals surface area contributed by atoms with Crippen molar-refractivity contribution in [3.63, 3.8) is 0 Å². The smallest absolute Gasteiger partial charge is 0.251 e. The van der Waals surface area contributed by atoms with Crippen molar-refractivity contribution in [2.24, 2.45) is 0 Å². The van der Waals surface area contributed by atoms with Crippen molar-refractivity contribution < 1.29 is 23.6 Å². The van der Waals surface area contributed by atoms with E-state index in [0.29, 0.717) is 13.0 Å². The Balaban J connectivity index is 0.00000134. The van der Waals surface area contributed by atoms with E-state index in [1.807, 2.05) is 35.4 Å². The molecule has 3 unspecified atom stereocenters. The number of nitrogens with zero attached hydrogens (tertiary/aromatic N) is 2. The summed E-state index contributed by atoms with van der Waals surface area (Å²) in [7, 11) is 1.97. The average Bonchev–Trinajstić information content (AvgIpc) is 3.27. The first-order chi connectivity index (χ1) is 12.1. The molecule has 0 aromatic rings. The van der Waals surface area contributed by atoms with Crippen molar-refractivity contribution in [3.05, 3.63) is 12.3 Å². The molecule has 9 heteroatoms. The zero-order chi connectivity index (χ0) is 19.2. The van der Waals surface area contributed by atoms with Crippen molar-refractivity contribution in [1.82, 2.24) is 14.5 Å². The number of ether oxygens (including phenoxy) is 1. The highest BCUT2D eigenvalue weighted by Crippen LogP contribution is 2.24. The molecule has 2 saturated heterocycles. The average molecular weight is 378 g/mol. The van der Waals surface area contributed by atoms with Gasteiger partial charge in [0, 0.05) is 45.3 Å². The third-order valence-electron chi connectivity index (χ3n) is 3.62. The van der Waals surface area contributed by atoms with Crippen LogP contribution in [0.4, 0.5) is 0 Å². The second-order valence-corrected chi connectivity index (χ2v) is 6.73. The standard InChI is InChI=1S/C13H21N3O4S.C2H6.CH4O/c1-15(7-5-12(18)14-10-17)13-4-3-11(20-13)9-16-6-2-8-21(16)19;2*1-2/h5,7,10-11,13H,2-4,6,8-9H2,1H3,(H,14,17,18);1-2H3;2H,1H3/b7-5-;;. The predicted octanol–water partition coefficient (Wildman–Crippen LogP) is 0.214. The molecule has 0 radical (unpaired) electrons. The molecular weight excluding hydrogens is 346 g/mol. The Morgan fingerprint density at radius 1 is 1.40 bits per heavy atom.